The van der Waals surface area contributed by atoms with Gasteiger partial charge >= 0.3 is 5.97 Å². The molecular weight excluding hydrogens is 219 g/mol. The lowest BCUT2D eigenvalue weighted by atomic mass is 10.1. The summed E-state index contributed by atoms with van der Waals surface area (Å²) >= 11 is 0. The van der Waals surface area contributed by atoms with E-state index in [0.29, 0.717) is 5.69 Å². The van der Waals surface area contributed by atoms with Gasteiger partial charge in [0.15, 0.2) is 0 Å². The van der Waals surface area contributed by atoms with Crippen LogP contribution in [0.4, 0.5) is 4.39 Å². The third-order valence-corrected chi connectivity index (χ3v) is 2.22. The second-order valence-corrected chi connectivity index (χ2v) is 3.32. The molecule has 0 saturated heterocycles. The first kappa shape index (κ1) is 12.4. The molecule has 0 aliphatic rings. The van der Waals surface area contributed by atoms with E-state index in [2.05, 4.69) is 5.10 Å². The van der Waals surface area contributed by atoms with Crippen LogP contribution in [0, 0.1) is 6.92 Å². The van der Waals surface area contributed by atoms with Gasteiger partial charge in [0.2, 0.25) is 12.1 Å². The summed E-state index contributed by atoms with van der Waals surface area (Å²) in [6.07, 6.45) is -4.20. The number of halogens is 1. The molecule has 1 heterocycles. The van der Waals surface area contributed by atoms with Gasteiger partial charge in [-0.15, -0.1) is 0 Å². The fourth-order valence-corrected chi connectivity index (χ4v) is 1.52. The quantitative estimate of drug-likeness (QED) is 0.774. The fourth-order valence-electron chi connectivity index (χ4n) is 1.52. The number of carboxylic acids is 1. The molecule has 0 aliphatic carbocycles. The van der Waals surface area contributed by atoms with Crippen molar-refractivity contribution in [2.24, 2.45) is 7.05 Å². The van der Waals surface area contributed by atoms with Crippen LogP contribution in [0.5, 0.6) is 5.88 Å². The monoisotopic (exact) mass is 232 g/mol. The highest BCUT2D eigenvalue weighted by molar-refractivity contribution is 5.73. The number of ether oxygens (including phenoxy) is 1. The molecule has 0 amide bonds. The molecule has 0 bridgehead atoms. The number of aliphatic hydroxyl groups excluding tert-OH is 1. The largest absolute Gasteiger partial charge is 0.481 e. The molecule has 6 nitrogen and oxygen atoms in total. The third kappa shape index (κ3) is 1.99. The van der Waals surface area contributed by atoms with Gasteiger partial charge in [0, 0.05) is 7.05 Å². The number of nitrogens with zero attached hydrogens (tertiary/aromatic N) is 2. The first-order valence-electron chi connectivity index (χ1n) is 4.52. The van der Waals surface area contributed by atoms with Crippen molar-refractivity contribution in [2.45, 2.75) is 19.2 Å². The maximum absolute atomic E-state index is 13.2. The van der Waals surface area contributed by atoms with Crippen molar-refractivity contribution in [3.8, 4) is 5.88 Å². The molecule has 0 radical (unpaired) electrons. The number of carbonyl (C=O) groups is 1. The van der Waals surface area contributed by atoms with Gasteiger partial charge in [-0.1, -0.05) is 0 Å². The summed E-state index contributed by atoms with van der Waals surface area (Å²) in [6, 6.07) is 0. The lowest BCUT2D eigenvalue weighted by molar-refractivity contribution is -0.147. The molecule has 0 saturated carbocycles. The minimum Gasteiger partial charge on any atom is -0.481 e. The van der Waals surface area contributed by atoms with Gasteiger partial charge in [0.25, 0.3) is 0 Å². The van der Waals surface area contributed by atoms with E-state index in [9.17, 15) is 14.3 Å². The Hall–Kier alpha value is -1.63. The Morgan fingerprint density at radius 1 is 1.62 bits per heavy atom. The normalized spacial score (nSPS) is 14.6. The van der Waals surface area contributed by atoms with Gasteiger partial charge in [-0.3, -0.25) is 0 Å². The Labute approximate surface area is 91.3 Å². The molecule has 0 spiro atoms. The smallest absolute Gasteiger partial charge is 0.341 e. The summed E-state index contributed by atoms with van der Waals surface area (Å²) in [6.45, 7) is 1.54. The van der Waals surface area contributed by atoms with Gasteiger partial charge in [0.05, 0.1) is 18.4 Å². The van der Waals surface area contributed by atoms with E-state index < -0.39 is 18.2 Å². The van der Waals surface area contributed by atoms with E-state index in [1.807, 2.05) is 0 Å². The second-order valence-electron chi connectivity index (χ2n) is 3.32. The van der Waals surface area contributed by atoms with E-state index >= 15 is 0 Å². The number of alkyl halides is 1. The summed E-state index contributed by atoms with van der Waals surface area (Å²) < 4.78 is 19.4. The molecule has 1 rings (SSSR count). The summed E-state index contributed by atoms with van der Waals surface area (Å²) in [7, 11) is 2.89. The standard InChI is InChI=1S/C9H13FN2O4/c1-4-5(7(13)6(10)9(14)15)8(16-3)12(2)11-4/h6-7,13H,1-3H3,(H,14,15). The first-order chi connectivity index (χ1) is 7.40. The van der Waals surface area contributed by atoms with E-state index in [1.165, 1.54) is 18.7 Å². The number of rotatable bonds is 4. The van der Waals surface area contributed by atoms with Crippen molar-refractivity contribution in [1.82, 2.24) is 9.78 Å². The Morgan fingerprint density at radius 2 is 2.19 bits per heavy atom. The average molecular weight is 232 g/mol. The third-order valence-electron chi connectivity index (χ3n) is 2.22. The number of aromatic nitrogens is 2. The number of aryl methyl sites for hydroxylation is 2. The van der Waals surface area contributed by atoms with E-state index in [0.717, 1.165) is 0 Å². The van der Waals surface area contributed by atoms with Crippen LogP contribution >= 0.6 is 0 Å². The van der Waals surface area contributed by atoms with Crippen LogP contribution < -0.4 is 4.74 Å². The van der Waals surface area contributed by atoms with Crippen LogP contribution in [0.3, 0.4) is 0 Å². The van der Waals surface area contributed by atoms with Crippen LogP contribution in [0.25, 0.3) is 0 Å². The van der Waals surface area contributed by atoms with Gasteiger partial charge in [-0.25, -0.2) is 13.9 Å². The number of carboxylic acid groups (broad SMARTS) is 1. The molecule has 1 aromatic heterocycles. The van der Waals surface area contributed by atoms with Gasteiger partial charge in [-0.05, 0) is 6.92 Å². The predicted octanol–water partition coefficient (Wildman–Crippen LogP) is 0.193. The zero-order chi connectivity index (χ0) is 12.5. The van der Waals surface area contributed by atoms with E-state index in [4.69, 9.17) is 9.84 Å². The highest BCUT2D eigenvalue weighted by Crippen LogP contribution is 2.31. The molecule has 1 aromatic rings. The lowest BCUT2D eigenvalue weighted by Gasteiger charge is -2.13. The van der Waals surface area contributed by atoms with Gasteiger partial charge in [-0.2, -0.15) is 5.10 Å². The van der Waals surface area contributed by atoms with Crippen molar-refractivity contribution >= 4 is 5.97 Å². The molecule has 0 aliphatic heterocycles. The van der Waals surface area contributed by atoms with E-state index in [1.54, 1.807) is 7.05 Å². The summed E-state index contributed by atoms with van der Waals surface area (Å²) in [5.41, 5.74) is 0.385. The number of methoxy groups -OCH3 is 1. The minimum absolute atomic E-state index is 0.0555. The van der Waals surface area contributed by atoms with Crippen LogP contribution in [-0.4, -0.2) is 39.2 Å². The van der Waals surface area contributed by atoms with Crippen molar-refractivity contribution < 1.29 is 24.1 Å². The molecular formula is C9H13FN2O4. The Bertz CT molecular complexity index is 404. The molecule has 0 aromatic carbocycles. The molecule has 0 fully saturated rings. The zero-order valence-electron chi connectivity index (χ0n) is 9.14. The Kier molecular flexibility index (Phi) is 3.48. The molecule has 2 unspecified atom stereocenters. The topological polar surface area (TPSA) is 84.6 Å². The van der Waals surface area contributed by atoms with Crippen molar-refractivity contribution in [3.63, 3.8) is 0 Å². The van der Waals surface area contributed by atoms with Crippen molar-refractivity contribution in [3.05, 3.63) is 11.3 Å². The molecule has 90 valence electrons. The number of hydrogen-bond acceptors (Lipinski definition) is 4. The summed E-state index contributed by atoms with van der Waals surface area (Å²) in [5.74, 6) is -1.58. The summed E-state index contributed by atoms with van der Waals surface area (Å²) in [5, 5.41) is 22.0. The highest BCUT2D eigenvalue weighted by atomic mass is 19.1. The number of aliphatic carboxylic acids is 1. The Balaban J connectivity index is 3.16. The molecule has 7 heteroatoms. The SMILES string of the molecule is COc1c(C(O)C(F)C(=O)O)c(C)nn1C. The average Bonchev–Trinajstić information content (AvgIpc) is 2.50. The van der Waals surface area contributed by atoms with Crippen LogP contribution in [-0.2, 0) is 11.8 Å². The van der Waals surface area contributed by atoms with Crippen LogP contribution in [0.2, 0.25) is 0 Å². The van der Waals surface area contributed by atoms with Gasteiger partial charge < -0.3 is 14.9 Å². The maximum atomic E-state index is 13.2. The van der Waals surface area contributed by atoms with Crippen molar-refractivity contribution in [1.29, 1.82) is 0 Å². The first-order valence-corrected chi connectivity index (χ1v) is 4.52. The highest BCUT2D eigenvalue weighted by Gasteiger charge is 2.33. The van der Waals surface area contributed by atoms with Crippen LogP contribution in [0.15, 0.2) is 0 Å². The van der Waals surface area contributed by atoms with E-state index in [-0.39, 0.29) is 11.4 Å². The predicted molar refractivity (Wildman–Crippen MR) is 52.0 cm³/mol. The fraction of sp³-hybridized carbons (Fsp3) is 0.556. The second kappa shape index (κ2) is 4.48. The lowest BCUT2D eigenvalue weighted by Crippen LogP contribution is -2.23. The zero-order valence-corrected chi connectivity index (χ0v) is 9.14. The van der Waals surface area contributed by atoms with Gasteiger partial charge in [0.1, 0.15) is 6.10 Å². The van der Waals surface area contributed by atoms with Crippen LogP contribution in [0.1, 0.15) is 17.4 Å². The number of hydrogen-bond donors (Lipinski definition) is 2. The summed E-state index contributed by atoms with van der Waals surface area (Å²) in [4.78, 5) is 10.4. The minimum atomic E-state index is -2.41. The molecule has 2 atom stereocenters. The number of aliphatic hydroxyl groups is 1. The Morgan fingerprint density at radius 3 is 2.62 bits per heavy atom. The molecule has 16 heavy (non-hydrogen) atoms. The molecule has 2 N–H and O–H groups in total. The maximum Gasteiger partial charge on any atom is 0.341 e. The van der Waals surface area contributed by atoms with Crippen molar-refractivity contribution in [2.75, 3.05) is 7.11 Å².